The highest BCUT2D eigenvalue weighted by molar-refractivity contribution is 6.30. The van der Waals surface area contributed by atoms with Crippen LogP contribution in [0.2, 0.25) is 5.02 Å². The molecule has 26 heavy (non-hydrogen) atoms. The Hall–Kier alpha value is -2.08. The maximum Gasteiger partial charge on any atom is 0.348 e. The van der Waals surface area contributed by atoms with Crippen LogP contribution >= 0.6 is 11.6 Å². The fourth-order valence-corrected chi connectivity index (χ4v) is 3.77. The number of benzene rings is 1. The molecule has 0 bridgehead atoms. The summed E-state index contributed by atoms with van der Waals surface area (Å²) in [6, 6.07) is 6.56. The van der Waals surface area contributed by atoms with Gasteiger partial charge in [-0.3, -0.25) is 9.59 Å². The smallest absolute Gasteiger partial charge is 0.348 e. The molecule has 7 heteroatoms. The highest BCUT2D eigenvalue weighted by Gasteiger charge is 2.45. The first-order chi connectivity index (χ1) is 12.4. The molecule has 1 heterocycles. The molecule has 2 fully saturated rings. The van der Waals surface area contributed by atoms with E-state index in [-0.39, 0.29) is 36.9 Å². The summed E-state index contributed by atoms with van der Waals surface area (Å²) in [6.07, 6.45) is 2.83. The molecular formula is C19H22ClNO5. The zero-order valence-electron chi connectivity index (χ0n) is 14.4. The number of halogens is 1. The number of carboxylic acids is 1. The first kappa shape index (κ1) is 18.7. The van der Waals surface area contributed by atoms with Crippen LogP contribution in [-0.2, 0) is 14.4 Å². The van der Waals surface area contributed by atoms with Gasteiger partial charge in [0.05, 0.1) is 0 Å². The summed E-state index contributed by atoms with van der Waals surface area (Å²) in [4.78, 5) is 37.7. The van der Waals surface area contributed by atoms with Crippen molar-refractivity contribution >= 4 is 29.3 Å². The van der Waals surface area contributed by atoms with Gasteiger partial charge in [-0.2, -0.15) is 0 Å². The summed E-state index contributed by atoms with van der Waals surface area (Å²) < 4.78 is 5.79. The molecule has 1 N–H and O–H groups in total. The number of carboxylic acid groups (broad SMARTS) is 1. The molecule has 0 radical (unpaired) electrons. The molecule has 1 amide bonds. The quantitative estimate of drug-likeness (QED) is 0.850. The number of ketones is 1. The number of rotatable bonds is 5. The average molecular weight is 380 g/mol. The van der Waals surface area contributed by atoms with Crippen molar-refractivity contribution in [2.24, 2.45) is 5.92 Å². The number of amides is 1. The monoisotopic (exact) mass is 379 g/mol. The number of nitrogens with zero attached hydrogens (tertiary/aromatic N) is 1. The van der Waals surface area contributed by atoms with E-state index in [4.69, 9.17) is 16.3 Å². The van der Waals surface area contributed by atoms with E-state index < -0.39 is 11.6 Å². The molecule has 2 aliphatic rings. The lowest BCUT2D eigenvalue weighted by Crippen LogP contribution is -2.54. The largest absolute Gasteiger partial charge is 0.478 e. The highest BCUT2D eigenvalue weighted by Crippen LogP contribution is 2.31. The third-order valence-corrected chi connectivity index (χ3v) is 5.54. The Morgan fingerprint density at radius 2 is 1.88 bits per heavy atom. The molecule has 1 aromatic rings. The minimum Gasteiger partial charge on any atom is -0.478 e. The Labute approximate surface area is 157 Å². The SMILES string of the molecule is O=C1CCCC1CC(=O)N1CCC(Oc2ccc(Cl)cc2)(C(=O)O)CC1. The van der Waals surface area contributed by atoms with Crippen molar-refractivity contribution in [3.63, 3.8) is 0 Å². The van der Waals surface area contributed by atoms with Crippen LogP contribution in [0.25, 0.3) is 0 Å². The number of hydrogen-bond acceptors (Lipinski definition) is 4. The second-order valence-corrected chi connectivity index (χ2v) is 7.43. The first-order valence-corrected chi connectivity index (χ1v) is 9.26. The van der Waals surface area contributed by atoms with E-state index in [0.29, 0.717) is 30.3 Å². The van der Waals surface area contributed by atoms with Gasteiger partial charge in [-0.15, -0.1) is 0 Å². The number of piperidine rings is 1. The van der Waals surface area contributed by atoms with Crippen LogP contribution in [0.1, 0.15) is 38.5 Å². The number of hydrogen-bond donors (Lipinski definition) is 1. The third-order valence-electron chi connectivity index (χ3n) is 5.29. The Bertz CT molecular complexity index is 694. The van der Waals surface area contributed by atoms with E-state index in [1.165, 1.54) is 0 Å². The Balaban J connectivity index is 1.61. The second-order valence-electron chi connectivity index (χ2n) is 7.00. The maximum absolute atomic E-state index is 12.4. The molecule has 3 rings (SSSR count). The third kappa shape index (κ3) is 4.01. The highest BCUT2D eigenvalue weighted by atomic mass is 35.5. The lowest BCUT2D eigenvalue weighted by Gasteiger charge is -2.39. The lowest BCUT2D eigenvalue weighted by atomic mass is 9.90. The van der Waals surface area contributed by atoms with Crippen LogP contribution in [0.4, 0.5) is 0 Å². The molecular weight excluding hydrogens is 358 g/mol. The van der Waals surface area contributed by atoms with E-state index in [9.17, 15) is 19.5 Å². The molecule has 6 nitrogen and oxygen atoms in total. The number of aliphatic carboxylic acids is 1. The average Bonchev–Trinajstić information content (AvgIpc) is 3.02. The van der Waals surface area contributed by atoms with Gasteiger partial charge < -0.3 is 14.7 Å². The van der Waals surface area contributed by atoms with E-state index in [0.717, 1.165) is 12.8 Å². The van der Waals surface area contributed by atoms with Crippen molar-refractivity contribution in [2.75, 3.05) is 13.1 Å². The normalized spacial score (nSPS) is 22.3. The Morgan fingerprint density at radius 1 is 1.23 bits per heavy atom. The van der Waals surface area contributed by atoms with Crippen LogP contribution in [0.5, 0.6) is 5.75 Å². The molecule has 1 aromatic carbocycles. The topological polar surface area (TPSA) is 83.9 Å². The standard InChI is InChI=1S/C19H22ClNO5/c20-14-4-6-15(7-5-14)26-19(18(24)25)8-10-21(11-9-19)17(23)12-13-2-1-3-16(13)22/h4-7,13H,1-3,8-12H2,(H,24,25). The predicted octanol–water partition coefficient (Wildman–Crippen LogP) is 2.92. The van der Waals surface area contributed by atoms with Crippen molar-refractivity contribution in [1.82, 2.24) is 4.90 Å². The Kier molecular flexibility index (Phi) is 5.51. The Morgan fingerprint density at radius 3 is 2.42 bits per heavy atom. The molecule has 0 aromatic heterocycles. The fraction of sp³-hybridized carbons (Fsp3) is 0.526. The molecule has 140 valence electrons. The lowest BCUT2D eigenvalue weighted by molar-refractivity contribution is -0.162. The van der Waals surface area contributed by atoms with Gasteiger partial charge in [0.25, 0.3) is 0 Å². The van der Waals surface area contributed by atoms with Gasteiger partial charge in [0.15, 0.2) is 0 Å². The molecule has 0 spiro atoms. The number of ether oxygens (including phenoxy) is 1. The first-order valence-electron chi connectivity index (χ1n) is 8.88. The summed E-state index contributed by atoms with van der Waals surface area (Å²) in [5.74, 6) is -0.672. The summed E-state index contributed by atoms with van der Waals surface area (Å²) in [6.45, 7) is 0.610. The van der Waals surface area contributed by atoms with Gasteiger partial charge in [-0.1, -0.05) is 11.6 Å². The molecule has 1 aliphatic carbocycles. The van der Waals surface area contributed by atoms with Crippen LogP contribution < -0.4 is 4.74 Å². The molecule has 1 atom stereocenters. The summed E-state index contributed by atoms with van der Waals surface area (Å²) in [5, 5.41) is 10.2. The molecule has 1 unspecified atom stereocenters. The van der Waals surface area contributed by atoms with E-state index in [1.807, 2.05) is 0 Å². The number of carbonyl (C=O) groups is 3. The van der Waals surface area contributed by atoms with Gasteiger partial charge in [0, 0.05) is 49.7 Å². The minimum atomic E-state index is -1.35. The molecule has 1 saturated heterocycles. The summed E-state index contributed by atoms with van der Waals surface area (Å²) >= 11 is 5.85. The predicted molar refractivity (Wildman–Crippen MR) is 95.2 cm³/mol. The number of carbonyl (C=O) groups excluding carboxylic acids is 2. The molecule has 1 saturated carbocycles. The van der Waals surface area contributed by atoms with Gasteiger partial charge >= 0.3 is 5.97 Å². The number of Topliss-reactive ketones (excluding diaryl/α,β-unsaturated/α-hetero) is 1. The van der Waals surface area contributed by atoms with E-state index >= 15 is 0 Å². The zero-order valence-corrected chi connectivity index (χ0v) is 15.2. The zero-order chi connectivity index (χ0) is 18.7. The van der Waals surface area contributed by atoms with Gasteiger partial charge in [-0.05, 0) is 37.1 Å². The van der Waals surface area contributed by atoms with Gasteiger partial charge in [-0.25, -0.2) is 4.79 Å². The van der Waals surface area contributed by atoms with E-state index in [1.54, 1.807) is 29.2 Å². The second kappa shape index (κ2) is 7.66. The maximum atomic E-state index is 12.4. The fourth-order valence-electron chi connectivity index (χ4n) is 3.65. The van der Waals surface area contributed by atoms with Crippen LogP contribution in [0, 0.1) is 5.92 Å². The van der Waals surface area contributed by atoms with Crippen molar-refractivity contribution in [1.29, 1.82) is 0 Å². The van der Waals surface area contributed by atoms with Crippen LogP contribution in [0.3, 0.4) is 0 Å². The summed E-state index contributed by atoms with van der Waals surface area (Å²) in [7, 11) is 0. The van der Waals surface area contributed by atoms with Crippen molar-refractivity contribution in [2.45, 2.75) is 44.1 Å². The van der Waals surface area contributed by atoms with Crippen molar-refractivity contribution < 1.29 is 24.2 Å². The van der Waals surface area contributed by atoms with Crippen molar-refractivity contribution in [3.05, 3.63) is 29.3 Å². The molecule has 1 aliphatic heterocycles. The van der Waals surface area contributed by atoms with E-state index in [2.05, 4.69) is 0 Å². The minimum absolute atomic E-state index is 0.0734. The van der Waals surface area contributed by atoms with Crippen LogP contribution in [0.15, 0.2) is 24.3 Å². The summed E-state index contributed by atoms with van der Waals surface area (Å²) in [5.41, 5.74) is -1.35. The van der Waals surface area contributed by atoms with Crippen LogP contribution in [-0.4, -0.2) is 46.4 Å². The number of likely N-dealkylation sites (tertiary alicyclic amines) is 1. The van der Waals surface area contributed by atoms with Gasteiger partial charge in [0.2, 0.25) is 11.5 Å². The van der Waals surface area contributed by atoms with Gasteiger partial charge in [0.1, 0.15) is 11.5 Å². The van der Waals surface area contributed by atoms with Crippen molar-refractivity contribution in [3.8, 4) is 5.75 Å².